The molecule has 118 valence electrons. The highest BCUT2D eigenvalue weighted by molar-refractivity contribution is 7.92. The standard InChI is InChI=1S/C15H20N4O2S/c20-22(21,10-9-13-3-1-2-4-13)18-14-5-7-15(8-6-14)19-12-16-11-17-19/h5-8,11-13,18H,1-4,9-10H2. The highest BCUT2D eigenvalue weighted by Gasteiger charge is 2.19. The van der Waals surface area contributed by atoms with Crippen molar-refractivity contribution in [3.05, 3.63) is 36.9 Å². The fourth-order valence-electron chi connectivity index (χ4n) is 2.88. The van der Waals surface area contributed by atoms with Crippen molar-refractivity contribution in [2.24, 2.45) is 5.92 Å². The number of benzene rings is 1. The van der Waals surface area contributed by atoms with Gasteiger partial charge in [0.15, 0.2) is 0 Å². The van der Waals surface area contributed by atoms with Gasteiger partial charge >= 0.3 is 0 Å². The lowest BCUT2D eigenvalue weighted by molar-refractivity contribution is 0.522. The minimum atomic E-state index is -3.27. The van der Waals surface area contributed by atoms with Crippen molar-refractivity contribution in [3.8, 4) is 5.69 Å². The molecule has 0 aliphatic heterocycles. The van der Waals surface area contributed by atoms with Crippen LogP contribution in [0.5, 0.6) is 0 Å². The molecule has 1 fully saturated rings. The van der Waals surface area contributed by atoms with Gasteiger partial charge < -0.3 is 0 Å². The first-order chi connectivity index (χ1) is 10.6. The maximum atomic E-state index is 12.1. The van der Waals surface area contributed by atoms with E-state index in [0.717, 1.165) is 12.1 Å². The fraction of sp³-hybridized carbons (Fsp3) is 0.467. The Morgan fingerprint density at radius 3 is 2.55 bits per heavy atom. The highest BCUT2D eigenvalue weighted by atomic mass is 32.2. The maximum Gasteiger partial charge on any atom is 0.232 e. The van der Waals surface area contributed by atoms with E-state index >= 15 is 0 Å². The van der Waals surface area contributed by atoms with Crippen LogP contribution in [0.25, 0.3) is 5.69 Å². The number of anilines is 1. The molecule has 1 aromatic carbocycles. The average molecular weight is 320 g/mol. The summed E-state index contributed by atoms with van der Waals surface area (Å²) < 4.78 is 28.5. The second-order valence-electron chi connectivity index (χ2n) is 5.75. The van der Waals surface area contributed by atoms with Crippen LogP contribution in [-0.4, -0.2) is 28.9 Å². The first kappa shape index (κ1) is 15.0. The van der Waals surface area contributed by atoms with Crippen LogP contribution in [0.15, 0.2) is 36.9 Å². The molecule has 1 heterocycles. The molecule has 0 atom stereocenters. The average Bonchev–Trinajstić information content (AvgIpc) is 3.19. The summed E-state index contributed by atoms with van der Waals surface area (Å²) in [6.45, 7) is 0. The zero-order valence-electron chi connectivity index (χ0n) is 12.4. The van der Waals surface area contributed by atoms with Crippen molar-refractivity contribution in [1.29, 1.82) is 0 Å². The number of sulfonamides is 1. The van der Waals surface area contributed by atoms with E-state index in [2.05, 4.69) is 14.8 Å². The Balaban J connectivity index is 1.59. The molecule has 1 aromatic heterocycles. The van der Waals surface area contributed by atoms with Gasteiger partial charge in [-0.3, -0.25) is 4.72 Å². The molecule has 22 heavy (non-hydrogen) atoms. The molecule has 7 heteroatoms. The molecular formula is C15H20N4O2S. The number of nitrogens with one attached hydrogen (secondary N) is 1. The van der Waals surface area contributed by atoms with Gasteiger partial charge in [0.2, 0.25) is 10.0 Å². The normalized spacial score (nSPS) is 16.0. The van der Waals surface area contributed by atoms with Crippen molar-refractivity contribution in [1.82, 2.24) is 14.8 Å². The van der Waals surface area contributed by atoms with Crippen LogP contribution in [0.2, 0.25) is 0 Å². The van der Waals surface area contributed by atoms with E-state index in [4.69, 9.17) is 0 Å². The lowest BCUT2D eigenvalue weighted by Gasteiger charge is -2.11. The van der Waals surface area contributed by atoms with Crippen molar-refractivity contribution >= 4 is 15.7 Å². The zero-order chi connectivity index (χ0) is 15.4. The summed E-state index contributed by atoms with van der Waals surface area (Å²) in [5.74, 6) is 0.772. The summed E-state index contributed by atoms with van der Waals surface area (Å²) >= 11 is 0. The summed E-state index contributed by atoms with van der Waals surface area (Å²) in [6.07, 6.45) is 8.63. The molecule has 1 N–H and O–H groups in total. The molecule has 0 amide bonds. The zero-order valence-corrected chi connectivity index (χ0v) is 13.2. The Morgan fingerprint density at radius 1 is 1.18 bits per heavy atom. The Morgan fingerprint density at radius 2 is 1.91 bits per heavy atom. The Labute approximate surface area is 130 Å². The van der Waals surface area contributed by atoms with Crippen LogP contribution in [-0.2, 0) is 10.0 Å². The molecule has 0 saturated heterocycles. The van der Waals surface area contributed by atoms with Gasteiger partial charge in [-0.2, -0.15) is 5.10 Å². The van der Waals surface area contributed by atoms with Crippen LogP contribution in [0, 0.1) is 5.92 Å². The molecule has 0 radical (unpaired) electrons. The molecule has 3 rings (SSSR count). The second kappa shape index (κ2) is 6.48. The highest BCUT2D eigenvalue weighted by Crippen LogP contribution is 2.28. The smallest absolute Gasteiger partial charge is 0.232 e. The number of aromatic nitrogens is 3. The summed E-state index contributed by atoms with van der Waals surface area (Å²) in [5.41, 5.74) is 1.42. The van der Waals surface area contributed by atoms with E-state index in [1.54, 1.807) is 23.1 Å². The molecule has 1 aliphatic rings. The van der Waals surface area contributed by atoms with E-state index in [9.17, 15) is 8.42 Å². The van der Waals surface area contributed by atoms with Crippen molar-refractivity contribution in [2.75, 3.05) is 10.5 Å². The summed E-state index contributed by atoms with van der Waals surface area (Å²) in [5, 5.41) is 4.03. The van der Waals surface area contributed by atoms with Crippen molar-refractivity contribution in [3.63, 3.8) is 0 Å². The van der Waals surface area contributed by atoms with Gasteiger partial charge in [-0.1, -0.05) is 25.7 Å². The topological polar surface area (TPSA) is 76.9 Å². The molecule has 0 spiro atoms. The molecular weight excluding hydrogens is 300 g/mol. The molecule has 1 saturated carbocycles. The van der Waals surface area contributed by atoms with Gasteiger partial charge in [0, 0.05) is 5.69 Å². The van der Waals surface area contributed by atoms with Gasteiger partial charge in [0.25, 0.3) is 0 Å². The van der Waals surface area contributed by atoms with Gasteiger partial charge in [-0.05, 0) is 36.6 Å². The first-order valence-corrected chi connectivity index (χ1v) is 9.23. The first-order valence-electron chi connectivity index (χ1n) is 7.58. The van der Waals surface area contributed by atoms with Gasteiger partial charge in [-0.15, -0.1) is 0 Å². The van der Waals surface area contributed by atoms with E-state index in [1.165, 1.54) is 32.0 Å². The van der Waals surface area contributed by atoms with E-state index in [1.807, 2.05) is 12.1 Å². The van der Waals surface area contributed by atoms with Crippen LogP contribution in [0.1, 0.15) is 32.1 Å². The minimum Gasteiger partial charge on any atom is -0.284 e. The number of hydrogen-bond acceptors (Lipinski definition) is 4. The largest absolute Gasteiger partial charge is 0.284 e. The fourth-order valence-corrected chi connectivity index (χ4v) is 4.12. The van der Waals surface area contributed by atoms with Gasteiger partial charge in [0.05, 0.1) is 11.4 Å². The van der Waals surface area contributed by atoms with E-state index < -0.39 is 10.0 Å². The Bertz CT molecular complexity index is 690. The van der Waals surface area contributed by atoms with Crippen molar-refractivity contribution < 1.29 is 8.42 Å². The second-order valence-corrected chi connectivity index (χ2v) is 7.59. The Kier molecular flexibility index (Phi) is 4.42. The van der Waals surface area contributed by atoms with Crippen LogP contribution in [0.4, 0.5) is 5.69 Å². The summed E-state index contributed by atoms with van der Waals surface area (Å²) in [6, 6.07) is 7.10. The number of nitrogens with zero attached hydrogens (tertiary/aromatic N) is 3. The molecule has 2 aromatic rings. The minimum absolute atomic E-state index is 0.197. The predicted octanol–water partition coefficient (Wildman–Crippen LogP) is 2.59. The quantitative estimate of drug-likeness (QED) is 0.887. The number of hydrogen-bond donors (Lipinski definition) is 1. The predicted molar refractivity (Wildman–Crippen MR) is 85.3 cm³/mol. The molecule has 0 bridgehead atoms. The van der Waals surface area contributed by atoms with Crippen LogP contribution >= 0.6 is 0 Å². The SMILES string of the molecule is O=S(=O)(CCC1CCCC1)Nc1ccc(-n2cncn2)cc1. The maximum absolute atomic E-state index is 12.1. The van der Waals surface area contributed by atoms with E-state index in [-0.39, 0.29) is 5.75 Å². The van der Waals surface area contributed by atoms with E-state index in [0.29, 0.717) is 11.6 Å². The van der Waals surface area contributed by atoms with Crippen molar-refractivity contribution in [2.45, 2.75) is 32.1 Å². The van der Waals surface area contributed by atoms with Crippen LogP contribution < -0.4 is 4.72 Å². The lowest BCUT2D eigenvalue weighted by atomic mass is 10.1. The third-order valence-electron chi connectivity index (χ3n) is 4.09. The third kappa shape index (κ3) is 3.85. The van der Waals surface area contributed by atoms with Gasteiger partial charge in [0.1, 0.15) is 12.7 Å². The third-order valence-corrected chi connectivity index (χ3v) is 5.41. The van der Waals surface area contributed by atoms with Gasteiger partial charge in [-0.25, -0.2) is 18.1 Å². The molecule has 6 nitrogen and oxygen atoms in total. The number of rotatable bonds is 6. The monoisotopic (exact) mass is 320 g/mol. The summed E-state index contributed by atoms with van der Waals surface area (Å²) in [4.78, 5) is 3.88. The summed E-state index contributed by atoms with van der Waals surface area (Å²) in [7, 11) is -3.27. The Hall–Kier alpha value is -1.89. The lowest BCUT2D eigenvalue weighted by Crippen LogP contribution is -2.18. The molecule has 0 unspecified atom stereocenters. The van der Waals surface area contributed by atoms with Crippen LogP contribution in [0.3, 0.4) is 0 Å². The molecule has 1 aliphatic carbocycles.